The summed E-state index contributed by atoms with van der Waals surface area (Å²) in [5, 5.41) is 8.62. The Bertz CT molecular complexity index is 159. The van der Waals surface area contributed by atoms with E-state index in [1.807, 2.05) is 0 Å². The third-order valence-electron chi connectivity index (χ3n) is 2.03. The van der Waals surface area contributed by atoms with Crippen molar-refractivity contribution >= 4 is 0 Å². The fourth-order valence-corrected chi connectivity index (χ4v) is 1.23. The van der Waals surface area contributed by atoms with Crippen molar-refractivity contribution < 1.29 is 10.2 Å². The van der Waals surface area contributed by atoms with Crippen molar-refractivity contribution in [1.29, 1.82) is 2.86 Å². The Labute approximate surface area is 64.2 Å². The molecule has 0 heterocycles. The molecule has 0 aromatic carbocycles. The number of allylic oxidation sites excluding steroid dienone is 1. The fraction of sp³-hybridized carbons (Fsp3) is 0.750. The molecule has 0 radical (unpaired) electrons. The maximum absolute atomic E-state index is 6.59. The molecular formula is C8H14O2. The van der Waals surface area contributed by atoms with E-state index in [1.54, 1.807) is 0 Å². The van der Waals surface area contributed by atoms with Crippen LogP contribution in [0, 0.1) is 5.92 Å². The van der Waals surface area contributed by atoms with Crippen LogP contribution in [0.15, 0.2) is 11.6 Å². The summed E-state index contributed by atoms with van der Waals surface area (Å²) in [4.78, 5) is 0. The van der Waals surface area contributed by atoms with E-state index in [0.29, 0.717) is 19.1 Å². The van der Waals surface area contributed by atoms with Gasteiger partial charge in [0.1, 0.15) is 0 Å². The molecule has 2 nitrogen and oxygen atoms in total. The first-order valence-electron chi connectivity index (χ1n) is 4.52. The molecular weight excluding hydrogens is 128 g/mol. The van der Waals surface area contributed by atoms with Gasteiger partial charge in [-0.2, -0.15) is 0 Å². The molecule has 1 aliphatic carbocycles. The Morgan fingerprint density at radius 2 is 2.70 bits per heavy atom. The third kappa shape index (κ3) is 1.82. The second kappa shape index (κ2) is 3.74. The normalized spacial score (nSPS) is 28.8. The topological polar surface area (TPSA) is 40.5 Å². The molecule has 1 atom stereocenters. The molecule has 0 fully saturated rings. The largest absolute Gasteiger partial charge is 0.396 e. The lowest BCUT2D eigenvalue weighted by atomic mass is 9.91. The zero-order valence-corrected chi connectivity index (χ0v) is 6.01. The van der Waals surface area contributed by atoms with Gasteiger partial charge in [-0.25, -0.2) is 0 Å². The molecule has 0 bridgehead atoms. The number of hydrogen-bond donors (Lipinski definition) is 2. The van der Waals surface area contributed by atoms with E-state index in [0.717, 1.165) is 19.3 Å². The predicted molar refractivity (Wildman–Crippen MR) is 39.6 cm³/mol. The van der Waals surface area contributed by atoms with Crippen LogP contribution in [0.5, 0.6) is 0 Å². The highest BCUT2D eigenvalue weighted by molar-refractivity contribution is 5.06. The van der Waals surface area contributed by atoms with E-state index in [2.05, 4.69) is 16.3 Å². The zero-order valence-electron chi connectivity index (χ0n) is 8.01. The Balaban J connectivity index is 2.26. The van der Waals surface area contributed by atoms with E-state index in [9.17, 15) is 0 Å². The fourth-order valence-electron chi connectivity index (χ4n) is 1.23. The highest BCUT2D eigenvalue weighted by Gasteiger charge is 2.11. The summed E-state index contributed by atoms with van der Waals surface area (Å²) in [5.41, 5.74) is 1.20. The average molecular weight is 144 g/mol. The molecule has 10 heavy (non-hydrogen) atoms. The summed E-state index contributed by atoms with van der Waals surface area (Å²) in [5.74, 6) is 0.483. The first kappa shape index (κ1) is 5.33. The van der Waals surface area contributed by atoms with Gasteiger partial charge in [-0.05, 0) is 30.8 Å². The predicted octanol–water partition coefficient (Wildman–Crippen LogP) is 0.698. The van der Waals surface area contributed by atoms with Crippen LogP contribution < -0.4 is 0 Å². The summed E-state index contributed by atoms with van der Waals surface area (Å²) in [6.07, 6.45) is 5.08. The molecule has 2 heteroatoms. The second-order valence-corrected chi connectivity index (χ2v) is 2.81. The van der Waals surface area contributed by atoms with Gasteiger partial charge in [0, 0.05) is 6.61 Å². The standard InChI is InChI=1S/C8H14O2/c9-5-7-1-2-8(6-10)4-3-7/h1,8-10H,2-6H2/i9D,10D. The zero-order chi connectivity index (χ0) is 8.81. The Morgan fingerprint density at radius 1 is 1.70 bits per heavy atom. The molecule has 0 aromatic heterocycles. The molecule has 0 aromatic rings. The smallest absolute Gasteiger partial charge is 0.211 e. The van der Waals surface area contributed by atoms with Crippen LogP contribution in [0.2, 0.25) is 0 Å². The van der Waals surface area contributed by atoms with Crippen molar-refractivity contribution in [2.45, 2.75) is 19.3 Å². The van der Waals surface area contributed by atoms with E-state index in [-0.39, 0.29) is 0 Å². The van der Waals surface area contributed by atoms with Gasteiger partial charge in [0.15, 0.2) is 0 Å². The minimum atomic E-state index is 0.425. The molecule has 0 amide bonds. The first-order chi connectivity index (χ1) is 5.86. The van der Waals surface area contributed by atoms with Crippen LogP contribution in [-0.4, -0.2) is 26.3 Å². The van der Waals surface area contributed by atoms with Crippen LogP contribution in [0.25, 0.3) is 0 Å². The highest BCUT2D eigenvalue weighted by atomic mass is 16.3. The maximum Gasteiger partial charge on any atom is 0.211 e. The van der Waals surface area contributed by atoms with Crippen LogP contribution in [0.4, 0.5) is 0 Å². The maximum atomic E-state index is 6.59. The Morgan fingerprint density at radius 3 is 3.30 bits per heavy atom. The first-order valence-corrected chi connectivity index (χ1v) is 3.71. The molecule has 1 rings (SSSR count). The minimum Gasteiger partial charge on any atom is -0.396 e. The van der Waals surface area contributed by atoms with Gasteiger partial charge in [0.2, 0.25) is 2.86 Å². The van der Waals surface area contributed by atoms with Crippen molar-refractivity contribution in [2.75, 3.05) is 13.2 Å². The quantitative estimate of drug-likeness (QED) is 0.570. The van der Waals surface area contributed by atoms with Gasteiger partial charge in [-0.1, -0.05) is 6.08 Å². The summed E-state index contributed by atoms with van der Waals surface area (Å²) < 4.78 is 13.2. The summed E-state index contributed by atoms with van der Waals surface area (Å²) >= 11 is 0. The van der Waals surface area contributed by atoms with Crippen LogP contribution >= 0.6 is 0 Å². The summed E-state index contributed by atoms with van der Waals surface area (Å²) in [7, 11) is 0. The van der Waals surface area contributed by atoms with Gasteiger partial charge >= 0.3 is 0 Å². The van der Waals surface area contributed by atoms with E-state index >= 15 is 0 Å². The molecule has 2 N–H and O–H groups in total. The van der Waals surface area contributed by atoms with Gasteiger partial charge in [0.25, 0.3) is 0 Å². The number of rotatable bonds is 4. The van der Waals surface area contributed by atoms with Gasteiger partial charge < -0.3 is 10.2 Å². The summed E-state index contributed by atoms with van der Waals surface area (Å²) in [6, 6.07) is 0. The molecule has 0 saturated carbocycles. The number of hydrogen-bond acceptors (Lipinski definition) is 2. The molecule has 1 unspecified atom stereocenters. The van der Waals surface area contributed by atoms with Gasteiger partial charge in [-0.15, -0.1) is 0 Å². The lowest BCUT2D eigenvalue weighted by molar-refractivity contribution is 0.212. The van der Waals surface area contributed by atoms with Crippen LogP contribution in [0.3, 0.4) is 0 Å². The van der Waals surface area contributed by atoms with E-state index in [1.165, 1.54) is 5.57 Å². The van der Waals surface area contributed by atoms with Crippen molar-refractivity contribution in [3.05, 3.63) is 11.6 Å². The summed E-state index contributed by atoms with van der Waals surface area (Å²) in [6.45, 7) is 0.944. The highest BCUT2D eigenvalue weighted by Crippen LogP contribution is 2.22. The average Bonchev–Trinajstić information content (AvgIpc) is 2.09. The molecule has 0 aliphatic heterocycles. The monoisotopic (exact) mass is 144 g/mol. The molecule has 0 spiro atoms. The van der Waals surface area contributed by atoms with Gasteiger partial charge in [-0.3, -0.25) is 0 Å². The van der Waals surface area contributed by atoms with Crippen LogP contribution in [-0.2, 0) is 0 Å². The number of aliphatic hydroxyl groups excluding tert-OH is 2. The molecule has 1 aliphatic rings. The van der Waals surface area contributed by atoms with E-state index < -0.39 is 0 Å². The third-order valence-corrected chi connectivity index (χ3v) is 2.03. The van der Waals surface area contributed by atoms with E-state index in [4.69, 9.17) is 2.86 Å². The van der Waals surface area contributed by atoms with Crippen molar-refractivity contribution in [1.82, 2.24) is 0 Å². The molecule has 0 saturated heterocycles. The SMILES string of the molecule is [2H]OCC1=CCC(CO[2H])CC1. The second-order valence-electron chi connectivity index (χ2n) is 2.81. The number of aliphatic hydroxyl groups is 2. The van der Waals surface area contributed by atoms with Crippen LogP contribution in [0.1, 0.15) is 19.3 Å². The van der Waals surface area contributed by atoms with Crippen molar-refractivity contribution in [3.8, 4) is 0 Å². The van der Waals surface area contributed by atoms with Crippen molar-refractivity contribution in [3.63, 3.8) is 0 Å². The minimum absolute atomic E-state index is 0.425. The lowest BCUT2D eigenvalue weighted by Crippen LogP contribution is -2.10. The Kier molecular flexibility index (Phi) is 1.99. The van der Waals surface area contributed by atoms with Gasteiger partial charge in [0.05, 0.1) is 6.61 Å². The lowest BCUT2D eigenvalue weighted by Gasteiger charge is -2.18. The van der Waals surface area contributed by atoms with Crippen molar-refractivity contribution in [2.24, 2.45) is 5.92 Å². The Hall–Kier alpha value is -0.340. The molecule has 58 valence electrons.